The molecule has 3 heteroatoms. The molecule has 3 aromatic rings. The van der Waals surface area contributed by atoms with E-state index in [1.165, 1.54) is 22.0 Å². The molecular weight excluding hydrogens is 308 g/mol. The molecule has 0 aliphatic carbocycles. The fraction of sp³-hybridized carbons (Fsp3) is 0.364. The van der Waals surface area contributed by atoms with Crippen molar-refractivity contribution in [2.24, 2.45) is 5.41 Å². The number of furan rings is 1. The van der Waals surface area contributed by atoms with E-state index >= 15 is 0 Å². The lowest BCUT2D eigenvalue weighted by Gasteiger charge is -2.55. The number of para-hydroxylation sites is 1. The van der Waals surface area contributed by atoms with Crippen LogP contribution in [0.2, 0.25) is 0 Å². The third-order valence-electron chi connectivity index (χ3n) is 6.82. The van der Waals surface area contributed by atoms with Gasteiger partial charge in [-0.2, -0.15) is 0 Å². The average Bonchev–Trinajstić information content (AvgIpc) is 3.13. The highest BCUT2D eigenvalue weighted by Gasteiger charge is 2.54. The maximum absolute atomic E-state index is 6.36. The van der Waals surface area contributed by atoms with Gasteiger partial charge in [0.1, 0.15) is 11.7 Å². The Balaban J connectivity index is 1.92. The van der Waals surface area contributed by atoms with Gasteiger partial charge in [-0.15, -0.1) is 0 Å². The summed E-state index contributed by atoms with van der Waals surface area (Å²) in [7, 11) is 2.17. The Kier molecular flexibility index (Phi) is 2.62. The van der Waals surface area contributed by atoms with Gasteiger partial charge in [-0.1, -0.05) is 58.0 Å². The molecule has 0 saturated carbocycles. The van der Waals surface area contributed by atoms with Crippen LogP contribution in [-0.4, -0.2) is 18.1 Å². The van der Waals surface area contributed by atoms with Crippen LogP contribution in [0.5, 0.6) is 0 Å². The highest BCUT2D eigenvalue weighted by Crippen LogP contribution is 2.57. The van der Waals surface area contributed by atoms with Crippen LogP contribution in [-0.2, 0) is 5.41 Å². The summed E-state index contributed by atoms with van der Waals surface area (Å²) in [4.78, 5) is 4.73. The number of anilines is 1. The van der Waals surface area contributed by atoms with Crippen molar-refractivity contribution in [3.8, 4) is 0 Å². The molecule has 0 N–H and O–H groups in total. The maximum Gasteiger partial charge on any atom is 0.159 e. The molecule has 3 heterocycles. The minimum Gasteiger partial charge on any atom is -0.454 e. The summed E-state index contributed by atoms with van der Waals surface area (Å²) in [5.41, 5.74) is 4.66. The molecule has 3 nitrogen and oxygen atoms in total. The first-order valence-corrected chi connectivity index (χ1v) is 8.97. The lowest BCUT2D eigenvalue weighted by atomic mass is 9.59. The van der Waals surface area contributed by atoms with Gasteiger partial charge in [-0.05, 0) is 11.6 Å². The molecule has 1 aromatic heterocycles. The standard InChI is InChI=1S/C22H24N2O/c1-21(2)16-11-10-15-14-8-6-7-9-17(14)25-19(15)18(16)24-13-12-23(5)20(24)22(21,3)4/h6-13,20H,1-5H3. The van der Waals surface area contributed by atoms with E-state index in [2.05, 4.69) is 87.3 Å². The molecule has 0 fully saturated rings. The van der Waals surface area contributed by atoms with Crippen LogP contribution < -0.4 is 4.90 Å². The van der Waals surface area contributed by atoms with Crippen molar-refractivity contribution in [3.05, 3.63) is 54.4 Å². The zero-order chi connectivity index (χ0) is 17.6. The second kappa shape index (κ2) is 4.40. The molecule has 128 valence electrons. The normalized spacial score (nSPS) is 23.3. The first kappa shape index (κ1) is 14.9. The molecule has 2 aromatic carbocycles. The van der Waals surface area contributed by atoms with Gasteiger partial charge in [0.05, 0.1) is 5.69 Å². The highest BCUT2D eigenvalue weighted by molar-refractivity contribution is 6.10. The van der Waals surface area contributed by atoms with E-state index in [1.807, 2.05) is 6.07 Å². The Labute approximate surface area is 148 Å². The Morgan fingerprint density at radius 1 is 0.920 bits per heavy atom. The number of nitrogens with zero attached hydrogens (tertiary/aromatic N) is 2. The van der Waals surface area contributed by atoms with Crippen LogP contribution in [0.4, 0.5) is 5.69 Å². The molecule has 2 aliphatic heterocycles. The number of benzene rings is 2. The van der Waals surface area contributed by atoms with E-state index in [-0.39, 0.29) is 17.0 Å². The molecule has 0 radical (unpaired) electrons. The number of hydrogen-bond acceptors (Lipinski definition) is 3. The quantitative estimate of drug-likeness (QED) is 0.545. The fourth-order valence-electron chi connectivity index (χ4n) is 4.80. The van der Waals surface area contributed by atoms with E-state index in [0.717, 1.165) is 11.2 Å². The average molecular weight is 332 g/mol. The van der Waals surface area contributed by atoms with E-state index < -0.39 is 0 Å². The number of rotatable bonds is 0. The van der Waals surface area contributed by atoms with Crippen molar-refractivity contribution < 1.29 is 4.42 Å². The van der Waals surface area contributed by atoms with Crippen LogP contribution >= 0.6 is 0 Å². The highest BCUT2D eigenvalue weighted by atomic mass is 16.3. The topological polar surface area (TPSA) is 19.6 Å². The molecule has 0 saturated heterocycles. The van der Waals surface area contributed by atoms with Crippen molar-refractivity contribution in [2.45, 2.75) is 39.3 Å². The molecular formula is C22H24N2O. The third-order valence-corrected chi connectivity index (χ3v) is 6.82. The van der Waals surface area contributed by atoms with Crippen molar-refractivity contribution in [3.63, 3.8) is 0 Å². The molecule has 1 unspecified atom stereocenters. The van der Waals surface area contributed by atoms with Gasteiger partial charge in [-0.25, -0.2) is 0 Å². The summed E-state index contributed by atoms with van der Waals surface area (Å²) in [6.07, 6.45) is 4.67. The largest absolute Gasteiger partial charge is 0.454 e. The zero-order valence-electron chi connectivity index (χ0n) is 15.5. The first-order chi connectivity index (χ1) is 11.8. The van der Waals surface area contributed by atoms with Crippen LogP contribution in [0.3, 0.4) is 0 Å². The Hall–Kier alpha value is -2.42. The van der Waals surface area contributed by atoms with Gasteiger partial charge in [0.2, 0.25) is 0 Å². The lowest BCUT2D eigenvalue weighted by molar-refractivity contribution is 0.0766. The monoisotopic (exact) mass is 332 g/mol. The molecule has 0 amide bonds. The summed E-state index contributed by atoms with van der Waals surface area (Å²) < 4.78 is 6.36. The van der Waals surface area contributed by atoms with Gasteiger partial charge in [0.15, 0.2) is 5.58 Å². The predicted octanol–water partition coefficient (Wildman–Crippen LogP) is 5.45. The van der Waals surface area contributed by atoms with Crippen molar-refractivity contribution in [1.82, 2.24) is 4.90 Å². The Morgan fingerprint density at radius 2 is 1.68 bits per heavy atom. The van der Waals surface area contributed by atoms with Crippen molar-refractivity contribution in [2.75, 3.05) is 11.9 Å². The van der Waals surface area contributed by atoms with Gasteiger partial charge >= 0.3 is 0 Å². The zero-order valence-corrected chi connectivity index (χ0v) is 15.5. The van der Waals surface area contributed by atoms with Gasteiger partial charge in [0, 0.05) is 41.1 Å². The Morgan fingerprint density at radius 3 is 2.48 bits per heavy atom. The predicted molar refractivity (Wildman–Crippen MR) is 104 cm³/mol. The minimum absolute atomic E-state index is 0.0247. The summed E-state index contributed by atoms with van der Waals surface area (Å²) in [5.74, 6) is 0. The van der Waals surface area contributed by atoms with Crippen molar-refractivity contribution in [1.29, 1.82) is 0 Å². The summed E-state index contributed by atoms with van der Waals surface area (Å²) in [5, 5.41) is 2.39. The van der Waals surface area contributed by atoms with Crippen molar-refractivity contribution >= 4 is 27.6 Å². The number of hydrogen-bond donors (Lipinski definition) is 0. The van der Waals surface area contributed by atoms with E-state index in [9.17, 15) is 0 Å². The van der Waals surface area contributed by atoms with E-state index in [0.29, 0.717) is 0 Å². The molecule has 2 aliphatic rings. The van der Waals surface area contributed by atoms with Gasteiger partial charge in [-0.3, -0.25) is 0 Å². The third kappa shape index (κ3) is 1.61. The van der Waals surface area contributed by atoms with Crippen LogP contribution in [0.25, 0.3) is 21.9 Å². The second-order valence-corrected chi connectivity index (χ2v) is 8.53. The minimum atomic E-state index is 0.0247. The fourth-order valence-corrected chi connectivity index (χ4v) is 4.80. The maximum atomic E-state index is 6.36. The molecule has 25 heavy (non-hydrogen) atoms. The lowest BCUT2D eigenvalue weighted by Crippen LogP contribution is -2.59. The molecule has 5 rings (SSSR count). The first-order valence-electron chi connectivity index (χ1n) is 8.97. The van der Waals surface area contributed by atoms with Crippen LogP contribution in [0.1, 0.15) is 33.3 Å². The van der Waals surface area contributed by atoms with E-state index in [1.54, 1.807) is 0 Å². The molecule has 1 atom stereocenters. The SMILES string of the molecule is CN1C=CN2c3c(ccc4c3oc3ccccc34)C(C)(C)C(C)(C)C12. The summed E-state index contributed by atoms with van der Waals surface area (Å²) in [6.45, 7) is 9.48. The summed E-state index contributed by atoms with van der Waals surface area (Å²) in [6, 6.07) is 12.9. The number of fused-ring (bicyclic) bond motifs is 7. The van der Waals surface area contributed by atoms with Crippen LogP contribution in [0.15, 0.2) is 53.2 Å². The Bertz CT molecular complexity index is 1040. The van der Waals surface area contributed by atoms with Crippen LogP contribution in [0, 0.1) is 5.41 Å². The summed E-state index contributed by atoms with van der Waals surface area (Å²) >= 11 is 0. The second-order valence-electron chi connectivity index (χ2n) is 8.53. The van der Waals surface area contributed by atoms with Gasteiger partial charge in [0.25, 0.3) is 0 Å². The molecule has 0 spiro atoms. The molecule has 0 bridgehead atoms. The van der Waals surface area contributed by atoms with Gasteiger partial charge < -0.3 is 14.2 Å². The van der Waals surface area contributed by atoms with E-state index in [4.69, 9.17) is 4.42 Å². The smallest absolute Gasteiger partial charge is 0.159 e.